The number of hydrazone groups is 1. The molecular formula is C15H17N3O2S. The van der Waals surface area contributed by atoms with Crippen molar-refractivity contribution in [1.29, 1.82) is 0 Å². The van der Waals surface area contributed by atoms with Gasteiger partial charge >= 0.3 is 0 Å². The summed E-state index contributed by atoms with van der Waals surface area (Å²) in [6.45, 7) is 7.98. The number of rotatable bonds is 3. The molecule has 21 heavy (non-hydrogen) atoms. The van der Waals surface area contributed by atoms with Crippen molar-refractivity contribution >= 4 is 33.7 Å². The SMILES string of the molecule is C=NN/C=C(\C)c1sc2c(=O)[nH]c(C)c3c2c1OCCC3. The minimum Gasteiger partial charge on any atom is -0.491 e. The Bertz CT molecular complexity index is 801. The Morgan fingerprint density at radius 3 is 3.14 bits per heavy atom. The van der Waals surface area contributed by atoms with E-state index in [-0.39, 0.29) is 5.56 Å². The van der Waals surface area contributed by atoms with E-state index in [1.165, 1.54) is 16.9 Å². The van der Waals surface area contributed by atoms with E-state index in [2.05, 4.69) is 22.2 Å². The largest absolute Gasteiger partial charge is 0.491 e. The van der Waals surface area contributed by atoms with E-state index < -0.39 is 0 Å². The third-order valence-corrected chi connectivity index (χ3v) is 4.98. The summed E-state index contributed by atoms with van der Waals surface area (Å²) in [5, 5.41) is 4.59. The summed E-state index contributed by atoms with van der Waals surface area (Å²) in [6, 6.07) is 0. The van der Waals surface area contributed by atoms with E-state index >= 15 is 0 Å². The third-order valence-electron chi connectivity index (χ3n) is 3.67. The smallest absolute Gasteiger partial charge is 0.266 e. The molecule has 1 aliphatic rings. The molecule has 5 nitrogen and oxygen atoms in total. The molecule has 3 rings (SSSR count). The molecule has 0 amide bonds. The molecule has 3 heterocycles. The van der Waals surface area contributed by atoms with Crippen molar-refractivity contribution < 1.29 is 4.74 Å². The zero-order chi connectivity index (χ0) is 15.0. The second kappa shape index (κ2) is 5.37. The average molecular weight is 303 g/mol. The highest BCUT2D eigenvalue weighted by Gasteiger charge is 2.23. The average Bonchev–Trinajstić information content (AvgIpc) is 2.70. The molecule has 1 aliphatic heterocycles. The molecule has 0 aromatic carbocycles. The van der Waals surface area contributed by atoms with Gasteiger partial charge in [-0.3, -0.25) is 10.2 Å². The van der Waals surface area contributed by atoms with Crippen LogP contribution < -0.4 is 15.7 Å². The van der Waals surface area contributed by atoms with Crippen LogP contribution in [-0.2, 0) is 6.42 Å². The lowest BCUT2D eigenvalue weighted by Crippen LogP contribution is -2.08. The van der Waals surface area contributed by atoms with E-state index in [1.54, 1.807) is 6.20 Å². The van der Waals surface area contributed by atoms with Crippen LogP contribution in [0, 0.1) is 6.92 Å². The molecule has 0 radical (unpaired) electrons. The molecule has 6 heteroatoms. The molecule has 0 saturated carbocycles. The Morgan fingerprint density at radius 2 is 2.38 bits per heavy atom. The van der Waals surface area contributed by atoms with Crippen LogP contribution in [0.5, 0.6) is 5.75 Å². The van der Waals surface area contributed by atoms with Gasteiger partial charge in [0.15, 0.2) is 0 Å². The van der Waals surface area contributed by atoms with Gasteiger partial charge < -0.3 is 9.72 Å². The quantitative estimate of drug-likeness (QED) is 0.677. The number of aromatic nitrogens is 1. The Hall–Kier alpha value is -2.08. The standard InChI is InChI=1S/C15H17N3O2S/c1-8(7-17-16-3)13-12-11-10(5-4-6-20-12)9(2)18-15(19)14(11)21-13/h7,17H,3-6H2,1-2H3,(H,18,19)/b8-7+. The first-order valence-electron chi connectivity index (χ1n) is 6.83. The number of aryl methyl sites for hydroxylation is 2. The Labute approximate surface area is 126 Å². The third kappa shape index (κ3) is 2.25. The molecular weight excluding hydrogens is 286 g/mol. The number of thiophene rings is 1. The lowest BCUT2D eigenvalue weighted by atomic mass is 10.0. The normalized spacial score (nSPS) is 14.7. The van der Waals surface area contributed by atoms with E-state index in [0.717, 1.165) is 44.8 Å². The van der Waals surface area contributed by atoms with E-state index in [9.17, 15) is 4.79 Å². The predicted octanol–water partition coefficient (Wildman–Crippen LogP) is 2.79. The first-order valence-corrected chi connectivity index (χ1v) is 7.64. The summed E-state index contributed by atoms with van der Waals surface area (Å²) in [5.41, 5.74) is 5.80. The van der Waals surface area contributed by atoms with Crippen molar-refractivity contribution in [2.45, 2.75) is 26.7 Å². The van der Waals surface area contributed by atoms with Gasteiger partial charge in [-0.25, -0.2) is 0 Å². The summed E-state index contributed by atoms with van der Waals surface area (Å²) in [6.07, 6.45) is 3.65. The molecule has 0 atom stereocenters. The maximum absolute atomic E-state index is 12.2. The zero-order valence-corrected chi connectivity index (χ0v) is 12.9. The summed E-state index contributed by atoms with van der Waals surface area (Å²) in [7, 11) is 0. The summed E-state index contributed by atoms with van der Waals surface area (Å²) >= 11 is 1.47. The summed E-state index contributed by atoms with van der Waals surface area (Å²) < 4.78 is 6.68. The number of nitrogens with zero attached hydrogens (tertiary/aromatic N) is 1. The molecule has 0 fully saturated rings. The van der Waals surface area contributed by atoms with Gasteiger partial charge in [-0.15, -0.1) is 11.3 Å². The fraction of sp³-hybridized carbons (Fsp3) is 0.333. The molecule has 2 N–H and O–H groups in total. The number of hydrogen-bond donors (Lipinski definition) is 2. The Balaban J connectivity index is 2.33. The summed E-state index contributed by atoms with van der Waals surface area (Å²) in [4.78, 5) is 16.2. The van der Waals surface area contributed by atoms with Gasteiger partial charge in [-0.2, -0.15) is 5.10 Å². The maximum atomic E-state index is 12.2. The van der Waals surface area contributed by atoms with Crippen LogP contribution in [0.4, 0.5) is 0 Å². The fourth-order valence-corrected chi connectivity index (χ4v) is 3.82. The molecule has 0 aliphatic carbocycles. The molecule has 0 spiro atoms. The Kier molecular flexibility index (Phi) is 3.55. The van der Waals surface area contributed by atoms with Gasteiger partial charge in [-0.05, 0) is 37.8 Å². The zero-order valence-electron chi connectivity index (χ0n) is 12.1. The van der Waals surface area contributed by atoms with Gasteiger partial charge in [0.05, 0.1) is 11.5 Å². The van der Waals surface area contributed by atoms with Crippen molar-refractivity contribution in [3.63, 3.8) is 0 Å². The van der Waals surface area contributed by atoms with E-state index in [0.29, 0.717) is 6.61 Å². The van der Waals surface area contributed by atoms with Crippen molar-refractivity contribution in [2.24, 2.45) is 5.10 Å². The van der Waals surface area contributed by atoms with Gasteiger partial charge in [0.1, 0.15) is 10.4 Å². The Morgan fingerprint density at radius 1 is 1.57 bits per heavy atom. The minimum atomic E-state index is -0.0446. The van der Waals surface area contributed by atoms with Gasteiger partial charge in [0, 0.05) is 24.0 Å². The fourth-order valence-electron chi connectivity index (χ4n) is 2.68. The van der Waals surface area contributed by atoms with Crippen LogP contribution in [0.2, 0.25) is 0 Å². The molecule has 110 valence electrons. The highest BCUT2D eigenvalue weighted by molar-refractivity contribution is 7.20. The lowest BCUT2D eigenvalue weighted by Gasteiger charge is -2.06. The summed E-state index contributed by atoms with van der Waals surface area (Å²) in [5.74, 6) is 0.830. The second-order valence-electron chi connectivity index (χ2n) is 5.09. The number of aromatic amines is 1. The van der Waals surface area contributed by atoms with E-state index in [4.69, 9.17) is 4.74 Å². The first kappa shape index (κ1) is 13.9. The molecule has 0 bridgehead atoms. The van der Waals surface area contributed by atoms with Crippen LogP contribution in [0.25, 0.3) is 15.7 Å². The van der Waals surface area contributed by atoms with Crippen LogP contribution in [-0.4, -0.2) is 18.3 Å². The molecule has 0 unspecified atom stereocenters. The number of H-pyrrole nitrogens is 1. The molecule has 2 aromatic rings. The maximum Gasteiger partial charge on any atom is 0.266 e. The van der Waals surface area contributed by atoms with Crippen molar-refractivity contribution in [3.8, 4) is 5.75 Å². The number of hydrogen-bond acceptors (Lipinski definition) is 5. The van der Waals surface area contributed by atoms with Gasteiger partial charge in [0.2, 0.25) is 0 Å². The van der Waals surface area contributed by atoms with Crippen molar-refractivity contribution in [1.82, 2.24) is 10.4 Å². The van der Waals surface area contributed by atoms with Gasteiger partial charge in [-0.1, -0.05) is 0 Å². The van der Waals surface area contributed by atoms with Crippen molar-refractivity contribution in [3.05, 3.63) is 32.7 Å². The lowest BCUT2D eigenvalue weighted by molar-refractivity contribution is 0.319. The monoisotopic (exact) mass is 303 g/mol. The highest BCUT2D eigenvalue weighted by atomic mass is 32.1. The predicted molar refractivity (Wildman–Crippen MR) is 87.3 cm³/mol. The molecule has 2 aromatic heterocycles. The van der Waals surface area contributed by atoms with Gasteiger partial charge in [0.25, 0.3) is 5.56 Å². The highest BCUT2D eigenvalue weighted by Crippen LogP contribution is 2.43. The van der Waals surface area contributed by atoms with E-state index in [1.807, 2.05) is 13.8 Å². The van der Waals surface area contributed by atoms with Crippen LogP contribution >= 0.6 is 11.3 Å². The number of ether oxygens (including phenoxy) is 1. The topological polar surface area (TPSA) is 66.5 Å². The number of allylic oxidation sites excluding steroid dienone is 1. The minimum absolute atomic E-state index is 0.0446. The second-order valence-corrected chi connectivity index (χ2v) is 6.11. The van der Waals surface area contributed by atoms with Crippen molar-refractivity contribution in [2.75, 3.05) is 6.61 Å². The van der Waals surface area contributed by atoms with Crippen LogP contribution in [0.3, 0.4) is 0 Å². The molecule has 0 saturated heterocycles. The first-order chi connectivity index (χ1) is 10.1. The number of pyridine rings is 1. The van der Waals surface area contributed by atoms with Crippen LogP contribution in [0.15, 0.2) is 16.1 Å². The number of nitrogens with one attached hydrogen (secondary N) is 2. The van der Waals surface area contributed by atoms with Crippen LogP contribution in [0.1, 0.15) is 29.5 Å².